The van der Waals surface area contributed by atoms with E-state index in [1.807, 2.05) is 6.07 Å². The Morgan fingerprint density at radius 3 is 2.17 bits per heavy atom. The van der Waals surface area contributed by atoms with E-state index in [2.05, 4.69) is 30.9 Å². The van der Waals surface area contributed by atoms with E-state index in [9.17, 15) is 29.5 Å². The van der Waals surface area contributed by atoms with Gasteiger partial charge in [0.05, 0.1) is 6.33 Å². The van der Waals surface area contributed by atoms with Crippen LogP contribution in [0, 0.1) is 11.3 Å². The molecule has 11 N–H and O–H groups in total. The molecule has 2 aromatic carbocycles. The normalized spacial score (nSPS) is 12.9. The van der Waals surface area contributed by atoms with Gasteiger partial charge in [-0.05, 0) is 42.2 Å². The number of aromatic amines is 1. The highest BCUT2D eigenvalue weighted by Crippen LogP contribution is 2.13. The number of aliphatic imine (C=N–C) groups is 1. The van der Waals surface area contributed by atoms with E-state index < -0.39 is 41.8 Å². The van der Waals surface area contributed by atoms with Crippen LogP contribution in [0.1, 0.15) is 29.7 Å². The fourth-order valence-electron chi connectivity index (χ4n) is 4.34. The van der Waals surface area contributed by atoms with Crippen molar-refractivity contribution >= 4 is 35.7 Å². The maximum absolute atomic E-state index is 13.7. The fraction of sp³-hybridized carbons (Fsp3) is 0.258. The summed E-state index contributed by atoms with van der Waals surface area (Å²) >= 11 is 0. The van der Waals surface area contributed by atoms with E-state index in [0.717, 1.165) is 0 Å². The molecule has 1 aromatic heterocycles. The Labute approximate surface area is 265 Å². The number of nitrogens with zero attached hydrogens (tertiary/aromatic N) is 3. The molecule has 0 radical (unpaired) electrons. The number of carbonyl (C=O) groups excluding carboxylic acids is 4. The minimum atomic E-state index is -1.25. The number of H-pyrrole nitrogens is 1. The van der Waals surface area contributed by atoms with Gasteiger partial charge in [0.25, 0.3) is 5.91 Å². The van der Waals surface area contributed by atoms with Crippen LogP contribution in [-0.2, 0) is 32.0 Å². The van der Waals surface area contributed by atoms with Crippen molar-refractivity contribution in [3.8, 4) is 11.8 Å². The van der Waals surface area contributed by atoms with E-state index >= 15 is 0 Å². The largest absolute Gasteiger partial charge is 0.508 e. The molecule has 4 amide bonds. The van der Waals surface area contributed by atoms with Gasteiger partial charge in [-0.15, -0.1) is 0 Å². The third-order valence-corrected chi connectivity index (χ3v) is 6.69. The molecule has 240 valence electrons. The monoisotopic (exact) mass is 628 g/mol. The summed E-state index contributed by atoms with van der Waals surface area (Å²) in [6.07, 6.45) is 4.67. The molecular weight excluding hydrogens is 592 g/mol. The van der Waals surface area contributed by atoms with Crippen molar-refractivity contribution in [2.45, 2.75) is 43.8 Å². The molecule has 46 heavy (non-hydrogen) atoms. The molecule has 0 unspecified atom stereocenters. The minimum Gasteiger partial charge on any atom is -0.508 e. The fourth-order valence-corrected chi connectivity index (χ4v) is 4.34. The number of nitriles is 1. The number of benzene rings is 2. The van der Waals surface area contributed by atoms with E-state index in [1.54, 1.807) is 30.3 Å². The number of phenols is 1. The Balaban J connectivity index is 1.83. The van der Waals surface area contributed by atoms with E-state index in [1.165, 1.54) is 42.9 Å². The highest BCUT2D eigenvalue weighted by molar-refractivity contribution is 6.04. The first kappa shape index (κ1) is 34.3. The van der Waals surface area contributed by atoms with Crippen LogP contribution >= 0.6 is 0 Å². The lowest BCUT2D eigenvalue weighted by molar-refractivity contribution is -0.132. The SMILES string of the molecule is N#C/C(=C\c1ccc(O)cc1)C(=O)N[C@@H](Cc1cnc[nH]1)C(=O)N[C@H](Cc1ccccc1)C(=O)N[C@H](CCCN=C(N)N)C(N)=O. The van der Waals surface area contributed by atoms with Gasteiger partial charge in [-0.2, -0.15) is 5.26 Å². The summed E-state index contributed by atoms with van der Waals surface area (Å²) in [5.74, 6) is -3.13. The number of imidazole rings is 1. The minimum absolute atomic E-state index is 0.0126. The number of aromatic hydroxyl groups is 1. The number of nitrogens with two attached hydrogens (primary N) is 3. The number of guanidine groups is 1. The van der Waals surface area contributed by atoms with Crippen molar-refractivity contribution in [3.63, 3.8) is 0 Å². The molecule has 0 fully saturated rings. The van der Waals surface area contributed by atoms with Crippen molar-refractivity contribution in [1.82, 2.24) is 25.9 Å². The zero-order valence-corrected chi connectivity index (χ0v) is 24.8. The van der Waals surface area contributed by atoms with E-state index in [4.69, 9.17) is 17.2 Å². The summed E-state index contributed by atoms with van der Waals surface area (Å²) in [6, 6.07) is 13.0. The van der Waals surface area contributed by atoms with E-state index in [0.29, 0.717) is 23.2 Å². The molecule has 15 nitrogen and oxygen atoms in total. The Kier molecular flexibility index (Phi) is 12.8. The molecule has 0 bridgehead atoms. The van der Waals surface area contributed by atoms with Gasteiger partial charge in [0.15, 0.2) is 5.96 Å². The number of aromatic nitrogens is 2. The maximum Gasteiger partial charge on any atom is 0.262 e. The Hall–Kier alpha value is -6.17. The van der Waals surface area contributed by atoms with Crippen LogP contribution in [0.3, 0.4) is 0 Å². The molecule has 0 aliphatic rings. The molecule has 3 rings (SSSR count). The second-order valence-corrected chi connectivity index (χ2v) is 10.2. The highest BCUT2D eigenvalue weighted by atomic mass is 16.3. The van der Waals surface area contributed by atoms with Crippen molar-refractivity contribution in [1.29, 1.82) is 5.26 Å². The first-order chi connectivity index (χ1) is 22.0. The molecule has 1 heterocycles. The molecule has 0 saturated carbocycles. The molecule has 15 heteroatoms. The number of amides is 4. The average Bonchev–Trinajstić information content (AvgIpc) is 3.55. The predicted molar refractivity (Wildman–Crippen MR) is 169 cm³/mol. The number of primary amides is 1. The van der Waals surface area contributed by atoms with Crippen molar-refractivity contribution in [2.24, 2.45) is 22.2 Å². The second kappa shape index (κ2) is 17.2. The molecule has 0 aliphatic heterocycles. The summed E-state index contributed by atoms with van der Waals surface area (Å²) in [5, 5.41) is 27.1. The number of hydrogen-bond acceptors (Lipinski definition) is 8. The molecule has 0 aliphatic carbocycles. The number of rotatable bonds is 16. The van der Waals surface area contributed by atoms with Crippen molar-refractivity contribution in [2.75, 3.05) is 6.54 Å². The first-order valence-electron chi connectivity index (χ1n) is 14.2. The second-order valence-electron chi connectivity index (χ2n) is 10.2. The maximum atomic E-state index is 13.7. The zero-order valence-electron chi connectivity index (χ0n) is 24.8. The molecular formula is C31H36N10O5. The number of nitrogens with one attached hydrogen (secondary N) is 4. The topological polar surface area (TPSA) is 267 Å². The van der Waals surface area contributed by atoms with Crippen molar-refractivity contribution < 1.29 is 24.3 Å². The lowest BCUT2D eigenvalue weighted by Gasteiger charge is -2.25. The van der Waals surface area contributed by atoms with Gasteiger partial charge < -0.3 is 43.2 Å². The first-order valence-corrected chi connectivity index (χ1v) is 14.2. The van der Waals surface area contributed by atoms with Gasteiger partial charge in [-0.3, -0.25) is 24.2 Å². The number of phenolic OH excluding ortho intramolecular Hbond substituents is 1. The predicted octanol–water partition coefficient (Wildman–Crippen LogP) is -0.499. The van der Waals surface area contributed by atoms with Crippen LogP contribution in [0.15, 0.2) is 77.7 Å². The number of hydrogen-bond donors (Lipinski definition) is 8. The van der Waals surface area contributed by atoms with Gasteiger partial charge in [0, 0.05) is 31.3 Å². The Bertz CT molecular complexity index is 1580. The molecule has 3 atom stereocenters. The smallest absolute Gasteiger partial charge is 0.262 e. The van der Waals surface area contributed by atoms with Crippen molar-refractivity contribution in [3.05, 3.63) is 89.5 Å². The Morgan fingerprint density at radius 2 is 1.59 bits per heavy atom. The summed E-state index contributed by atoms with van der Waals surface area (Å²) in [5.41, 5.74) is 17.6. The molecule has 0 spiro atoms. The van der Waals surface area contributed by atoms with Gasteiger partial charge >= 0.3 is 0 Å². The quantitative estimate of drug-likeness (QED) is 0.0333. The highest BCUT2D eigenvalue weighted by Gasteiger charge is 2.30. The molecule has 0 saturated heterocycles. The average molecular weight is 629 g/mol. The van der Waals surface area contributed by atoms with Gasteiger partial charge in [0.2, 0.25) is 17.7 Å². The van der Waals surface area contributed by atoms with E-state index in [-0.39, 0.29) is 43.1 Å². The zero-order chi connectivity index (χ0) is 33.5. The third kappa shape index (κ3) is 11.2. The lowest BCUT2D eigenvalue weighted by Crippen LogP contribution is -2.57. The lowest BCUT2D eigenvalue weighted by atomic mass is 10.0. The van der Waals surface area contributed by atoms with Crippen LogP contribution in [0.4, 0.5) is 0 Å². The van der Waals surface area contributed by atoms with Crippen LogP contribution in [0.25, 0.3) is 6.08 Å². The van der Waals surface area contributed by atoms with Crippen LogP contribution in [0.5, 0.6) is 5.75 Å². The van der Waals surface area contributed by atoms with Crippen LogP contribution in [-0.4, -0.2) is 69.3 Å². The molecule has 3 aromatic rings. The van der Waals surface area contributed by atoms with Crippen LogP contribution in [0.2, 0.25) is 0 Å². The standard InChI is InChI=1S/C31H36N10O5/c32-16-21(13-20-8-10-23(42)11-9-20)28(44)40-26(15-22-17-36-18-38-22)30(46)41-25(14-19-5-2-1-3-6-19)29(45)39-24(27(33)43)7-4-12-37-31(34)35/h1-3,5-6,8-11,13,17-18,24-26,42H,4,7,12,14-15H2,(H2,33,43)(H,36,38)(H,39,45)(H,40,44)(H,41,46)(H4,34,35,37)/b21-13+/t24-,25-,26+/m1/s1. The summed E-state index contributed by atoms with van der Waals surface area (Å²) < 4.78 is 0. The van der Waals surface area contributed by atoms with Gasteiger partial charge in [-0.25, -0.2) is 4.98 Å². The third-order valence-electron chi connectivity index (χ3n) is 6.69. The van der Waals surface area contributed by atoms with Gasteiger partial charge in [0.1, 0.15) is 35.5 Å². The summed E-state index contributed by atoms with van der Waals surface area (Å²) in [4.78, 5) is 63.2. The number of carbonyl (C=O) groups is 4. The van der Waals surface area contributed by atoms with Gasteiger partial charge in [-0.1, -0.05) is 42.5 Å². The Morgan fingerprint density at radius 1 is 0.935 bits per heavy atom. The van der Waals surface area contributed by atoms with Crippen LogP contribution < -0.4 is 33.2 Å². The summed E-state index contributed by atoms with van der Waals surface area (Å²) in [7, 11) is 0. The summed E-state index contributed by atoms with van der Waals surface area (Å²) in [6.45, 7) is 0.215.